The highest BCUT2D eigenvalue weighted by molar-refractivity contribution is 7.99. The van der Waals surface area contributed by atoms with Crippen molar-refractivity contribution in [3.05, 3.63) is 80.6 Å². The summed E-state index contributed by atoms with van der Waals surface area (Å²) in [5.74, 6) is -1.33. The second-order valence-electron chi connectivity index (χ2n) is 11.2. The zero-order valence-electron chi connectivity index (χ0n) is 25.3. The van der Waals surface area contributed by atoms with E-state index in [9.17, 15) is 22.8 Å². The molecule has 3 heterocycles. The van der Waals surface area contributed by atoms with E-state index in [0.717, 1.165) is 37.8 Å². The van der Waals surface area contributed by atoms with Crippen molar-refractivity contribution in [1.29, 1.82) is 0 Å². The van der Waals surface area contributed by atoms with Crippen LogP contribution in [0.3, 0.4) is 0 Å². The number of benzene rings is 2. The molecule has 5 rings (SSSR count). The lowest BCUT2D eigenvalue weighted by Gasteiger charge is -2.34. The number of pyridine rings is 1. The molecule has 7 nitrogen and oxygen atoms in total. The fraction of sp³-hybridized carbons (Fsp3) is 0.438. The number of halogens is 5. The van der Waals surface area contributed by atoms with Crippen molar-refractivity contribution in [2.24, 2.45) is 0 Å². The van der Waals surface area contributed by atoms with E-state index in [1.165, 1.54) is 41.6 Å². The zero-order chi connectivity index (χ0) is 32.5. The lowest BCUT2D eigenvalue weighted by molar-refractivity contribution is -0.138. The number of amides is 1. The molecule has 0 aliphatic carbocycles. The first-order valence-electron chi connectivity index (χ1n) is 14.7. The lowest BCUT2D eigenvalue weighted by atomic mass is 9.92. The summed E-state index contributed by atoms with van der Waals surface area (Å²) in [5, 5.41) is 3.84. The van der Waals surface area contributed by atoms with Crippen molar-refractivity contribution < 1.29 is 31.5 Å². The highest BCUT2D eigenvalue weighted by atomic mass is 32.2. The van der Waals surface area contributed by atoms with Crippen LogP contribution < -0.4 is 15.6 Å². The third-order valence-electron chi connectivity index (χ3n) is 8.55. The molecule has 0 bridgehead atoms. The summed E-state index contributed by atoms with van der Waals surface area (Å²) in [6.45, 7) is 7.73. The maximum atomic E-state index is 15.6. The number of alkyl halides is 3. The van der Waals surface area contributed by atoms with Crippen molar-refractivity contribution >= 4 is 17.7 Å². The second-order valence-corrected chi connectivity index (χ2v) is 12.2. The number of rotatable bonds is 9. The van der Waals surface area contributed by atoms with Gasteiger partial charge in [-0.3, -0.25) is 19.1 Å². The number of nitrogens with zero attached hydrogens (tertiary/aromatic N) is 3. The smallest absolute Gasteiger partial charge is 0.416 e. The normalized spacial score (nSPS) is 17.1. The largest absolute Gasteiger partial charge is 0.494 e. The van der Waals surface area contributed by atoms with Crippen LogP contribution in [0.4, 0.5) is 22.0 Å². The summed E-state index contributed by atoms with van der Waals surface area (Å²) in [6.07, 6.45) is -5.22. The predicted molar refractivity (Wildman–Crippen MR) is 163 cm³/mol. The Morgan fingerprint density at radius 3 is 2.44 bits per heavy atom. The number of thioether (sulfide) groups is 1. The standard InChI is InChI=1S/C32H35F5N4O3S/c1-19-23(16-24-25(32(35,36)37)7-5-8-26(24)33)31-41(30(43)28(19)22-6-4-9-27(44-3)29(22)34)21(18-45-31)17-38-10-11-39-12-14-40(15-13-39)20(2)42/h4-9,21,38H,10-18H2,1-3H3. The molecule has 2 aromatic carbocycles. The molecule has 1 saturated heterocycles. The molecule has 1 aromatic heterocycles. The zero-order valence-corrected chi connectivity index (χ0v) is 26.1. The van der Waals surface area contributed by atoms with Crippen molar-refractivity contribution in [1.82, 2.24) is 19.7 Å². The summed E-state index contributed by atoms with van der Waals surface area (Å²) in [7, 11) is 1.30. The van der Waals surface area contributed by atoms with Gasteiger partial charge in [0.2, 0.25) is 5.91 Å². The third-order valence-corrected chi connectivity index (χ3v) is 9.82. The van der Waals surface area contributed by atoms with Crippen LogP contribution >= 0.6 is 11.8 Å². The molecule has 0 saturated carbocycles. The first-order chi connectivity index (χ1) is 21.4. The first-order valence-corrected chi connectivity index (χ1v) is 15.7. The number of carbonyl (C=O) groups is 1. The molecule has 45 heavy (non-hydrogen) atoms. The maximum Gasteiger partial charge on any atom is 0.416 e. The van der Waals surface area contributed by atoms with Gasteiger partial charge in [-0.05, 0) is 36.2 Å². The number of hydrogen-bond donors (Lipinski definition) is 1. The average Bonchev–Trinajstić information content (AvgIpc) is 3.42. The lowest BCUT2D eigenvalue weighted by Crippen LogP contribution is -2.49. The molecule has 2 aliphatic heterocycles. The fourth-order valence-corrected chi connectivity index (χ4v) is 7.47. The first kappa shape index (κ1) is 33.0. The van der Waals surface area contributed by atoms with Gasteiger partial charge in [0.05, 0.1) is 29.3 Å². The monoisotopic (exact) mass is 650 g/mol. The number of nitrogens with one attached hydrogen (secondary N) is 1. The van der Waals surface area contributed by atoms with Crippen LogP contribution in [0.25, 0.3) is 11.1 Å². The number of hydrogen-bond acceptors (Lipinski definition) is 6. The van der Waals surface area contributed by atoms with Gasteiger partial charge in [0.25, 0.3) is 5.56 Å². The van der Waals surface area contributed by atoms with Crippen LogP contribution in [0.1, 0.15) is 35.2 Å². The molecule has 1 fully saturated rings. The minimum absolute atomic E-state index is 0.00545. The topological polar surface area (TPSA) is 66.8 Å². The summed E-state index contributed by atoms with van der Waals surface area (Å²) in [6, 6.07) is 6.85. The Morgan fingerprint density at radius 2 is 1.78 bits per heavy atom. The number of piperazine rings is 1. The van der Waals surface area contributed by atoms with E-state index in [2.05, 4.69) is 10.2 Å². The van der Waals surface area contributed by atoms with E-state index in [1.54, 1.807) is 13.8 Å². The Hall–Kier alpha value is -3.42. The number of ether oxygens (including phenoxy) is 1. The molecule has 2 aliphatic rings. The van der Waals surface area contributed by atoms with Gasteiger partial charge < -0.3 is 15.0 Å². The average molecular weight is 651 g/mol. The fourth-order valence-electron chi connectivity index (χ4n) is 6.08. The molecule has 0 spiro atoms. The van der Waals surface area contributed by atoms with Gasteiger partial charge >= 0.3 is 6.18 Å². The Balaban J connectivity index is 1.49. The quantitative estimate of drug-likeness (QED) is 0.256. The minimum atomic E-state index is -4.79. The van der Waals surface area contributed by atoms with Gasteiger partial charge in [0, 0.05) is 76.0 Å². The van der Waals surface area contributed by atoms with Crippen LogP contribution in [0, 0.1) is 18.6 Å². The molecule has 13 heteroatoms. The number of methoxy groups -OCH3 is 1. The van der Waals surface area contributed by atoms with Crippen LogP contribution in [0.2, 0.25) is 0 Å². The van der Waals surface area contributed by atoms with Gasteiger partial charge in [0.15, 0.2) is 11.6 Å². The summed E-state index contributed by atoms with van der Waals surface area (Å²) in [5.41, 5.74) is -1.49. The predicted octanol–water partition coefficient (Wildman–Crippen LogP) is 5.12. The van der Waals surface area contributed by atoms with Crippen LogP contribution in [-0.2, 0) is 17.4 Å². The van der Waals surface area contributed by atoms with Crippen molar-refractivity contribution in [2.75, 3.05) is 58.7 Å². The van der Waals surface area contributed by atoms with Crippen molar-refractivity contribution in [2.45, 2.75) is 37.5 Å². The Labute approximate surface area is 262 Å². The molecular formula is C32H35F5N4O3S. The molecule has 3 aromatic rings. The van der Waals surface area contributed by atoms with Crippen molar-refractivity contribution in [3.8, 4) is 16.9 Å². The van der Waals surface area contributed by atoms with Gasteiger partial charge in [-0.15, -0.1) is 11.8 Å². The van der Waals surface area contributed by atoms with Crippen LogP contribution in [-0.4, -0.2) is 79.0 Å². The van der Waals surface area contributed by atoms with E-state index in [0.29, 0.717) is 48.1 Å². The van der Waals surface area contributed by atoms with Gasteiger partial charge in [-0.1, -0.05) is 18.2 Å². The van der Waals surface area contributed by atoms with E-state index in [-0.39, 0.29) is 28.8 Å². The van der Waals surface area contributed by atoms with E-state index >= 15 is 8.78 Å². The SMILES string of the molecule is COc1cccc(-c2c(C)c(Cc3c(F)cccc3C(F)(F)F)c3n(c2=O)C(CNCCN2CCN(C(C)=O)CC2)CS3)c1F. The van der Waals surface area contributed by atoms with E-state index in [1.807, 2.05) is 4.90 Å². The molecule has 1 unspecified atom stereocenters. The number of aromatic nitrogens is 1. The molecule has 1 atom stereocenters. The maximum absolute atomic E-state index is 15.6. The third kappa shape index (κ3) is 6.75. The van der Waals surface area contributed by atoms with Gasteiger partial charge in [-0.25, -0.2) is 8.78 Å². The molecule has 0 radical (unpaired) electrons. The molecule has 1 N–H and O–H groups in total. The Bertz CT molecular complexity index is 1640. The highest BCUT2D eigenvalue weighted by Crippen LogP contribution is 2.42. The number of carbonyl (C=O) groups excluding carboxylic acids is 1. The highest BCUT2D eigenvalue weighted by Gasteiger charge is 2.37. The van der Waals surface area contributed by atoms with Gasteiger partial charge in [0.1, 0.15) is 5.82 Å². The van der Waals surface area contributed by atoms with E-state index < -0.39 is 40.9 Å². The second kappa shape index (κ2) is 13.5. The Morgan fingerprint density at radius 1 is 1.07 bits per heavy atom. The van der Waals surface area contributed by atoms with Gasteiger partial charge in [-0.2, -0.15) is 13.2 Å². The molecule has 1 amide bonds. The minimum Gasteiger partial charge on any atom is -0.494 e. The summed E-state index contributed by atoms with van der Waals surface area (Å²) >= 11 is 1.33. The van der Waals surface area contributed by atoms with E-state index in [4.69, 9.17) is 4.74 Å². The molecular weight excluding hydrogens is 615 g/mol. The van der Waals surface area contributed by atoms with Crippen molar-refractivity contribution in [3.63, 3.8) is 0 Å². The summed E-state index contributed by atoms with van der Waals surface area (Å²) < 4.78 is 79.1. The van der Waals surface area contributed by atoms with Crippen LogP contribution in [0.5, 0.6) is 5.75 Å². The molecule has 242 valence electrons. The number of fused-ring (bicyclic) bond motifs is 1. The Kier molecular flexibility index (Phi) is 9.90. The summed E-state index contributed by atoms with van der Waals surface area (Å²) in [4.78, 5) is 29.8. The van der Waals surface area contributed by atoms with Crippen LogP contribution in [0.15, 0.2) is 46.2 Å².